The molecule has 130 valence electrons. The van der Waals surface area contributed by atoms with Crippen molar-refractivity contribution in [2.75, 3.05) is 38.3 Å². The number of rotatable bonds is 3. The quantitative estimate of drug-likeness (QED) is 0.864. The number of benzene rings is 2. The number of carbonyl (C=O) groups is 1. The SMILES string of the molecule is CN(C(=O)c1ccccc1N1CCOCC1)C1Cc2ccccc2C1. The van der Waals surface area contributed by atoms with Crippen LogP contribution in [0.25, 0.3) is 0 Å². The summed E-state index contributed by atoms with van der Waals surface area (Å²) >= 11 is 0. The molecular weight excluding hydrogens is 312 g/mol. The van der Waals surface area contributed by atoms with E-state index in [2.05, 4.69) is 35.2 Å². The van der Waals surface area contributed by atoms with E-state index in [9.17, 15) is 4.79 Å². The monoisotopic (exact) mass is 336 g/mol. The van der Waals surface area contributed by atoms with E-state index < -0.39 is 0 Å². The number of ether oxygens (including phenoxy) is 1. The Balaban J connectivity index is 1.55. The van der Waals surface area contributed by atoms with Gasteiger partial charge in [0.15, 0.2) is 0 Å². The number of fused-ring (bicyclic) bond motifs is 1. The third-order valence-electron chi connectivity index (χ3n) is 5.38. The van der Waals surface area contributed by atoms with Crippen molar-refractivity contribution in [3.05, 3.63) is 65.2 Å². The molecule has 1 amide bonds. The van der Waals surface area contributed by atoms with E-state index >= 15 is 0 Å². The first-order valence-electron chi connectivity index (χ1n) is 8.99. The van der Waals surface area contributed by atoms with Crippen LogP contribution in [-0.2, 0) is 17.6 Å². The Morgan fingerprint density at radius 2 is 1.60 bits per heavy atom. The maximum Gasteiger partial charge on any atom is 0.255 e. The van der Waals surface area contributed by atoms with Gasteiger partial charge in [-0.05, 0) is 36.1 Å². The van der Waals surface area contributed by atoms with Gasteiger partial charge in [0, 0.05) is 31.9 Å². The van der Waals surface area contributed by atoms with Gasteiger partial charge in [0.2, 0.25) is 0 Å². The lowest BCUT2D eigenvalue weighted by Crippen LogP contribution is -2.40. The number of para-hydroxylation sites is 1. The van der Waals surface area contributed by atoms with Gasteiger partial charge in [-0.25, -0.2) is 0 Å². The summed E-state index contributed by atoms with van der Waals surface area (Å²) < 4.78 is 5.45. The van der Waals surface area contributed by atoms with E-state index in [1.807, 2.05) is 30.1 Å². The molecule has 4 heteroatoms. The van der Waals surface area contributed by atoms with Crippen LogP contribution in [0.4, 0.5) is 5.69 Å². The summed E-state index contributed by atoms with van der Waals surface area (Å²) in [6, 6.07) is 16.7. The van der Waals surface area contributed by atoms with Crippen LogP contribution in [0.3, 0.4) is 0 Å². The van der Waals surface area contributed by atoms with Crippen LogP contribution in [0.2, 0.25) is 0 Å². The predicted octanol–water partition coefficient (Wildman–Crippen LogP) is 2.76. The third-order valence-corrected chi connectivity index (χ3v) is 5.38. The number of carbonyl (C=O) groups excluding carboxylic acids is 1. The molecule has 0 radical (unpaired) electrons. The van der Waals surface area contributed by atoms with Gasteiger partial charge in [-0.15, -0.1) is 0 Å². The standard InChI is InChI=1S/C21H24N2O2/c1-22(18-14-16-6-2-3-7-17(16)15-18)21(24)19-8-4-5-9-20(19)23-10-12-25-13-11-23/h2-9,18H,10-15H2,1H3. The van der Waals surface area contributed by atoms with Crippen LogP contribution in [0.5, 0.6) is 0 Å². The highest BCUT2D eigenvalue weighted by Gasteiger charge is 2.29. The summed E-state index contributed by atoms with van der Waals surface area (Å²) in [5.41, 5.74) is 4.56. The number of morpholine rings is 1. The molecule has 1 saturated heterocycles. The van der Waals surface area contributed by atoms with Crippen LogP contribution in [0.15, 0.2) is 48.5 Å². The van der Waals surface area contributed by atoms with E-state index in [4.69, 9.17) is 4.74 Å². The van der Waals surface area contributed by atoms with Gasteiger partial charge in [0.25, 0.3) is 5.91 Å². The first-order valence-corrected chi connectivity index (χ1v) is 8.99. The molecule has 4 rings (SSSR count). The molecule has 0 saturated carbocycles. The van der Waals surface area contributed by atoms with Gasteiger partial charge in [-0.3, -0.25) is 4.79 Å². The van der Waals surface area contributed by atoms with Crippen molar-refractivity contribution in [2.24, 2.45) is 0 Å². The highest BCUT2D eigenvalue weighted by atomic mass is 16.5. The van der Waals surface area contributed by atoms with E-state index in [1.54, 1.807) is 0 Å². The van der Waals surface area contributed by atoms with Crippen LogP contribution in [-0.4, -0.2) is 50.2 Å². The molecule has 25 heavy (non-hydrogen) atoms. The first kappa shape index (κ1) is 16.2. The molecule has 0 spiro atoms. The Kier molecular flexibility index (Phi) is 4.45. The normalized spacial score (nSPS) is 17.4. The van der Waals surface area contributed by atoms with Crippen molar-refractivity contribution in [3.8, 4) is 0 Å². The summed E-state index contributed by atoms with van der Waals surface area (Å²) in [5, 5.41) is 0. The Hall–Kier alpha value is -2.33. The molecule has 2 aromatic rings. The zero-order valence-electron chi connectivity index (χ0n) is 14.6. The number of likely N-dealkylation sites (N-methyl/N-ethyl adjacent to an activating group) is 1. The topological polar surface area (TPSA) is 32.8 Å². The zero-order valence-corrected chi connectivity index (χ0v) is 14.6. The predicted molar refractivity (Wildman–Crippen MR) is 99.2 cm³/mol. The zero-order chi connectivity index (χ0) is 17.2. The van der Waals surface area contributed by atoms with Crippen molar-refractivity contribution in [3.63, 3.8) is 0 Å². The van der Waals surface area contributed by atoms with Gasteiger partial charge in [0.05, 0.1) is 18.8 Å². The van der Waals surface area contributed by atoms with E-state index in [-0.39, 0.29) is 11.9 Å². The molecule has 1 aliphatic carbocycles. The molecule has 2 aliphatic rings. The van der Waals surface area contributed by atoms with Crippen molar-refractivity contribution in [1.82, 2.24) is 4.90 Å². The van der Waals surface area contributed by atoms with E-state index in [0.717, 1.165) is 50.4 Å². The fourth-order valence-corrected chi connectivity index (χ4v) is 3.90. The van der Waals surface area contributed by atoms with Gasteiger partial charge in [-0.1, -0.05) is 36.4 Å². The lowest BCUT2D eigenvalue weighted by Gasteiger charge is -2.32. The van der Waals surface area contributed by atoms with Crippen molar-refractivity contribution < 1.29 is 9.53 Å². The number of hydrogen-bond acceptors (Lipinski definition) is 3. The maximum absolute atomic E-state index is 13.2. The second kappa shape index (κ2) is 6.89. The highest BCUT2D eigenvalue weighted by molar-refractivity contribution is 6.00. The molecule has 0 N–H and O–H groups in total. The summed E-state index contributed by atoms with van der Waals surface area (Å²) in [5.74, 6) is 0.111. The molecular formula is C21H24N2O2. The van der Waals surface area contributed by atoms with Crippen LogP contribution in [0, 0.1) is 0 Å². The summed E-state index contributed by atoms with van der Waals surface area (Å²) in [6.07, 6.45) is 1.89. The lowest BCUT2D eigenvalue weighted by molar-refractivity contribution is 0.0737. The summed E-state index contributed by atoms with van der Waals surface area (Å²) in [7, 11) is 1.94. The van der Waals surface area contributed by atoms with Gasteiger partial charge < -0.3 is 14.5 Å². The van der Waals surface area contributed by atoms with Crippen molar-refractivity contribution in [1.29, 1.82) is 0 Å². The molecule has 1 aliphatic heterocycles. The highest BCUT2D eigenvalue weighted by Crippen LogP contribution is 2.28. The molecule has 0 unspecified atom stereocenters. The molecule has 1 heterocycles. The maximum atomic E-state index is 13.2. The van der Waals surface area contributed by atoms with Crippen LogP contribution >= 0.6 is 0 Å². The fourth-order valence-electron chi connectivity index (χ4n) is 3.90. The van der Waals surface area contributed by atoms with Crippen molar-refractivity contribution >= 4 is 11.6 Å². The average molecular weight is 336 g/mol. The number of hydrogen-bond donors (Lipinski definition) is 0. The largest absolute Gasteiger partial charge is 0.378 e. The van der Waals surface area contributed by atoms with Gasteiger partial charge in [-0.2, -0.15) is 0 Å². The fraction of sp³-hybridized carbons (Fsp3) is 0.381. The van der Waals surface area contributed by atoms with Gasteiger partial charge >= 0.3 is 0 Å². The molecule has 1 fully saturated rings. The van der Waals surface area contributed by atoms with Crippen molar-refractivity contribution in [2.45, 2.75) is 18.9 Å². The summed E-state index contributed by atoms with van der Waals surface area (Å²) in [6.45, 7) is 3.11. The second-order valence-corrected chi connectivity index (χ2v) is 6.86. The number of nitrogens with zero attached hydrogens (tertiary/aromatic N) is 2. The molecule has 2 aromatic carbocycles. The average Bonchev–Trinajstić information content (AvgIpc) is 3.12. The van der Waals surface area contributed by atoms with Crippen LogP contribution in [0.1, 0.15) is 21.5 Å². The Labute approximate surface area is 149 Å². The number of anilines is 1. The van der Waals surface area contributed by atoms with E-state index in [0.29, 0.717) is 0 Å². The number of amides is 1. The lowest BCUT2D eigenvalue weighted by atomic mass is 10.1. The molecule has 0 aromatic heterocycles. The smallest absolute Gasteiger partial charge is 0.255 e. The third kappa shape index (κ3) is 3.14. The molecule has 0 atom stereocenters. The van der Waals surface area contributed by atoms with Gasteiger partial charge in [0.1, 0.15) is 0 Å². The molecule has 0 bridgehead atoms. The summed E-state index contributed by atoms with van der Waals surface area (Å²) in [4.78, 5) is 17.4. The molecule has 4 nitrogen and oxygen atoms in total. The Morgan fingerprint density at radius 3 is 2.28 bits per heavy atom. The second-order valence-electron chi connectivity index (χ2n) is 6.86. The minimum atomic E-state index is 0.111. The minimum absolute atomic E-state index is 0.111. The minimum Gasteiger partial charge on any atom is -0.378 e. The van der Waals surface area contributed by atoms with Crippen LogP contribution < -0.4 is 4.90 Å². The van der Waals surface area contributed by atoms with E-state index in [1.165, 1.54) is 11.1 Å². The Bertz CT molecular complexity index is 743. The Morgan fingerprint density at radius 1 is 1.00 bits per heavy atom. The first-order chi connectivity index (χ1) is 12.2.